The summed E-state index contributed by atoms with van der Waals surface area (Å²) < 4.78 is 7.57. The molecule has 5 rings (SSSR count). The van der Waals surface area contributed by atoms with Crippen LogP contribution in [-0.2, 0) is 13.0 Å². The molecule has 0 saturated heterocycles. The maximum Gasteiger partial charge on any atom is 0.229 e. The van der Waals surface area contributed by atoms with E-state index in [2.05, 4.69) is 24.7 Å². The van der Waals surface area contributed by atoms with Crippen molar-refractivity contribution in [3.05, 3.63) is 54.1 Å². The van der Waals surface area contributed by atoms with Crippen LogP contribution in [0.25, 0.3) is 22.6 Å². The molecule has 0 atom stereocenters. The van der Waals surface area contributed by atoms with Gasteiger partial charge < -0.3 is 9.09 Å². The first-order chi connectivity index (χ1) is 13.8. The summed E-state index contributed by atoms with van der Waals surface area (Å²) in [7, 11) is 0. The Labute approximate surface area is 162 Å². The monoisotopic (exact) mass is 374 g/mol. The summed E-state index contributed by atoms with van der Waals surface area (Å²) in [6.07, 6.45) is 9.29. The van der Waals surface area contributed by atoms with Gasteiger partial charge in [-0.25, -0.2) is 15.0 Å². The van der Waals surface area contributed by atoms with Gasteiger partial charge in [-0.3, -0.25) is 0 Å². The zero-order chi connectivity index (χ0) is 18.9. The van der Waals surface area contributed by atoms with Gasteiger partial charge in [0, 0.05) is 31.3 Å². The third-order valence-electron chi connectivity index (χ3n) is 5.44. The molecule has 0 bridgehead atoms. The molecule has 0 spiro atoms. The Morgan fingerprint density at radius 2 is 1.86 bits per heavy atom. The molecule has 7 heteroatoms. The molecule has 1 saturated carbocycles. The number of fused-ring (bicyclic) bond motifs is 1. The van der Waals surface area contributed by atoms with E-state index >= 15 is 0 Å². The normalized spacial score (nSPS) is 14.9. The van der Waals surface area contributed by atoms with Crippen molar-refractivity contribution in [2.45, 2.75) is 51.5 Å². The Morgan fingerprint density at radius 3 is 2.68 bits per heavy atom. The summed E-state index contributed by atoms with van der Waals surface area (Å²) in [6.45, 7) is 2.69. The topological polar surface area (TPSA) is 82.5 Å². The van der Waals surface area contributed by atoms with Crippen molar-refractivity contribution < 1.29 is 4.52 Å². The SMILES string of the molecule is Cc1nc2ccccc2nc1-c1nccn1CCc1noc(C2CCCC2)n1. The minimum absolute atomic E-state index is 0.445. The average molecular weight is 374 g/mol. The Bertz CT molecular complexity index is 1110. The summed E-state index contributed by atoms with van der Waals surface area (Å²) in [5.41, 5.74) is 3.45. The summed E-state index contributed by atoms with van der Waals surface area (Å²) in [4.78, 5) is 18.6. The molecular weight excluding hydrogens is 352 g/mol. The zero-order valence-electron chi connectivity index (χ0n) is 15.9. The smallest absolute Gasteiger partial charge is 0.229 e. The Kier molecular flexibility index (Phi) is 4.35. The number of rotatable bonds is 5. The van der Waals surface area contributed by atoms with Gasteiger partial charge in [-0.1, -0.05) is 30.1 Å². The molecule has 1 aliphatic carbocycles. The largest absolute Gasteiger partial charge is 0.339 e. The molecular formula is C21H22N6O. The molecule has 0 amide bonds. The van der Waals surface area contributed by atoms with Crippen molar-refractivity contribution in [1.29, 1.82) is 0 Å². The third-order valence-corrected chi connectivity index (χ3v) is 5.44. The second kappa shape index (κ2) is 7.14. The van der Waals surface area contributed by atoms with Crippen molar-refractivity contribution in [3.63, 3.8) is 0 Å². The zero-order valence-corrected chi connectivity index (χ0v) is 15.9. The van der Waals surface area contributed by atoms with Crippen LogP contribution in [0.4, 0.5) is 0 Å². The van der Waals surface area contributed by atoms with Crippen LogP contribution in [0, 0.1) is 6.92 Å². The van der Waals surface area contributed by atoms with Crippen LogP contribution < -0.4 is 0 Å². The van der Waals surface area contributed by atoms with Gasteiger partial charge in [-0.15, -0.1) is 0 Å². The predicted molar refractivity (Wildman–Crippen MR) is 105 cm³/mol. The minimum atomic E-state index is 0.445. The summed E-state index contributed by atoms with van der Waals surface area (Å²) in [5.74, 6) is 2.81. The lowest BCUT2D eigenvalue weighted by Gasteiger charge is -2.09. The third kappa shape index (κ3) is 3.17. The van der Waals surface area contributed by atoms with Crippen LogP contribution in [0.3, 0.4) is 0 Å². The van der Waals surface area contributed by atoms with Crippen molar-refractivity contribution >= 4 is 11.0 Å². The fourth-order valence-corrected chi connectivity index (χ4v) is 3.93. The second-order valence-corrected chi connectivity index (χ2v) is 7.37. The van der Waals surface area contributed by atoms with E-state index in [-0.39, 0.29) is 0 Å². The molecule has 3 aromatic heterocycles. The molecule has 1 aromatic carbocycles. The first kappa shape index (κ1) is 17.0. The average Bonchev–Trinajstić information content (AvgIpc) is 3.46. The molecule has 7 nitrogen and oxygen atoms in total. The first-order valence-electron chi connectivity index (χ1n) is 9.85. The lowest BCUT2D eigenvalue weighted by molar-refractivity contribution is 0.349. The fraction of sp³-hybridized carbons (Fsp3) is 0.381. The Balaban J connectivity index is 1.37. The number of aromatic nitrogens is 6. The van der Waals surface area contributed by atoms with Crippen LogP contribution in [0.1, 0.15) is 49.0 Å². The van der Waals surface area contributed by atoms with Gasteiger partial charge in [0.1, 0.15) is 5.69 Å². The molecule has 0 N–H and O–H groups in total. The van der Waals surface area contributed by atoms with Crippen LogP contribution >= 0.6 is 0 Å². The van der Waals surface area contributed by atoms with Crippen molar-refractivity contribution in [3.8, 4) is 11.5 Å². The molecule has 0 unspecified atom stereocenters. The Hall–Kier alpha value is -3.09. The van der Waals surface area contributed by atoms with E-state index in [4.69, 9.17) is 9.51 Å². The number of benzene rings is 1. The van der Waals surface area contributed by atoms with E-state index in [1.807, 2.05) is 37.4 Å². The maximum atomic E-state index is 5.49. The van der Waals surface area contributed by atoms with E-state index in [0.717, 1.165) is 52.8 Å². The molecule has 1 aliphatic rings. The number of aryl methyl sites for hydroxylation is 3. The van der Waals surface area contributed by atoms with Gasteiger partial charge >= 0.3 is 0 Å². The highest BCUT2D eigenvalue weighted by Gasteiger charge is 2.23. The minimum Gasteiger partial charge on any atom is -0.339 e. The summed E-state index contributed by atoms with van der Waals surface area (Å²) in [5, 5.41) is 4.17. The lowest BCUT2D eigenvalue weighted by atomic mass is 10.1. The summed E-state index contributed by atoms with van der Waals surface area (Å²) >= 11 is 0. The number of hydrogen-bond donors (Lipinski definition) is 0. The van der Waals surface area contributed by atoms with Crippen molar-refractivity contribution in [1.82, 2.24) is 29.7 Å². The molecule has 0 aliphatic heterocycles. The van der Waals surface area contributed by atoms with E-state index in [9.17, 15) is 0 Å². The molecule has 1 fully saturated rings. The molecule has 3 heterocycles. The highest BCUT2D eigenvalue weighted by atomic mass is 16.5. The van der Waals surface area contributed by atoms with E-state index < -0.39 is 0 Å². The number of para-hydroxylation sites is 2. The van der Waals surface area contributed by atoms with Crippen molar-refractivity contribution in [2.24, 2.45) is 0 Å². The summed E-state index contributed by atoms with van der Waals surface area (Å²) in [6, 6.07) is 7.90. The number of imidazole rings is 1. The molecule has 4 aromatic rings. The van der Waals surface area contributed by atoms with Gasteiger partial charge in [0.15, 0.2) is 11.6 Å². The fourth-order valence-electron chi connectivity index (χ4n) is 3.93. The second-order valence-electron chi connectivity index (χ2n) is 7.37. The number of hydrogen-bond acceptors (Lipinski definition) is 6. The van der Waals surface area contributed by atoms with Gasteiger partial charge in [0.05, 0.1) is 16.7 Å². The standard InChI is InChI=1S/C21H22N6O/c1-14-19(24-17-9-5-4-8-16(17)23-14)20-22-11-13-27(20)12-10-18-25-21(28-26-18)15-6-2-3-7-15/h4-5,8-9,11,13,15H,2-3,6-7,10,12H2,1H3. The van der Waals surface area contributed by atoms with E-state index in [0.29, 0.717) is 18.9 Å². The predicted octanol–water partition coefficient (Wildman–Crippen LogP) is 4.09. The highest BCUT2D eigenvalue weighted by molar-refractivity contribution is 5.77. The van der Waals surface area contributed by atoms with Crippen LogP contribution in [0.15, 0.2) is 41.2 Å². The first-order valence-corrected chi connectivity index (χ1v) is 9.85. The molecule has 28 heavy (non-hydrogen) atoms. The molecule has 142 valence electrons. The molecule has 0 radical (unpaired) electrons. The Morgan fingerprint density at radius 1 is 1.07 bits per heavy atom. The lowest BCUT2D eigenvalue weighted by Crippen LogP contribution is -2.06. The number of nitrogens with zero attached hydrogens (tertiary/aromatic N) is 6. The van der Waals surface area contributed by atoms with Gasteiger partial charge in [0.2, 0.25) is 5.89 Å². The van der Waals surface area contributed by atoms with E-state index in [1.165, 1.54) is 12.8 Å². The maximum absolute atomic E-state index is 5.49. The van der Waals surface area contributed by atoms with Crippen LogP contribution in [0.2, 0.25) is 0 Å². The quantitative estimate of drug-likeness (QED) is 0.523. The van der Waals surface area contributed by atoms with Crippen LogP contribution in [-0.4, -0.2) is 29.7 Å². The van der Waals surface area contributed by atoms with E-state index in [1.54, 1.807) is 6.20 Å². The van der Waals surface area contributed by atoms with Crippen LogP contribution in [0.5, 0.6) is 0 Å². The highest BCUT2D eigenvalue weighted by Crippen LogP contribution is 2.33. The van der Waals surface area contributed by atoms with Crippen molar-refractivity contribution in [2.75, 3.05) is 0 Å². The van der Waals surface area contributed by atoms with Gasteiger partial charge in [0.25, 0.3) is 0 Å². The van der Waals surface area contributed by atoms with Gasteiger partial charge in [-0.2, -0.15) is 4.98 Å². The van der Waals surface area contributed by atoms with Gasteiger partial charge in [-0.05, 0) is 31.9 Å².